The Kier molecular flexibility index (Phi) is 2.25. The van der Waals surface area contributed by atoms with Crippen LogP contribution in [0, 0.1) is 11.8 Å². The van der Waals surface area contributed by atoms with Gasteiger partial charge in [-0.2, -0.15) is 0 Å². The Bertz CT molecular complexity index is 158. The van der Waals surface area contributed by atoms with Gasteiger partial charge in [-0.15, -0.1) is 0 Å². The van der Waals surface area contributed by atoms with Crippen LogP contribution in [0.4, 0.5) is 0 Å². The van der Waals surface area contributed by atoms with E-state index in [1.807, 2.05) is 0 Å². The van der Waals surface area contributed by atoms with E-state index in [0.29, 0.717) is 5.92 Å². The molecule has 1 nitrogen and oxygen atoms in total. The molecule has 0 aromatic heterocycles. The van der Waals surface area contributed by atoms with Crippen LogP contribution in [-0.2, 0) is 4.79 Å². The van der Waals surface area contributed by atoms with Crippen LogP contribution >= 0.6 is 0 Å². The molecule has 0 heterocycles. The van der Waals surface area contributed by atoms with Crippen molar-refractivity contribution in [3.05, 3.63) is 11.6 Å². The molecule has 1 heteroatoms. The number of aldehydes is 1. The van der Waals surface area contributed by atoms with Crippen LogP contribution in [0.2, 0.25) is 0 Å². The van der Waals surface area contributed by atoms with E-state index in [2.05, 4.69) is 19.9 Å². The Balaban J connectivity index is 2.72. The fraction of sp³-hybridized carbons (Fsp3) is 0.667. The molecular weight excluding hydrogens is 124 g/mol. The van der Waals surface area contributed by atoms with Gasteiger partial charge in [0.2, 0.25) is 0 Å². The molecule has 0 amide bonds. The third-order valence-electron chi connectivity index (χ3n) is 2.37. The van der Waals surface area contributed by atoms with E-state index in [4.69, 9.17) is 0 Å². The van der Waals surface area contributed by atoms with Crippen LogP contribution in [0.25, 0.3) is 0 Å². The molecule has 2 unspecified atom stereocenters. The van der Waals surface area contributed by atoms with Crippen molar-refractivity contribution < 1.29 is 4.79 Å². The summed E-state index contributed by atoms with van der Waals surface area (Å²) < 4.78 is 0. The largest absolute Gasteiger partial charge is 0.303 e. The monoisotopic (exact) mass is 138 g/mol. The second kappa shape index (κ2) is 3.00. The number of allylic oxidation sites excluding steroid dienone is 2. The third kappa shape index (κ3) is 1.28. The molecule has 0 aliphatic heterocycles. The molecule has 0 aromatic carbocycles. The molecule has 0 bridgehead atoms. The van der Waals surface area contributed by atoms with Gasteiger partial charge in [-0.05, 0) is 25.7 Å². The van der Waals surface area contributed by atoms with E-state index >= 15 is 0 Å². The summed E-state index contributed by atoms with van der Waals surface area (Å²) in [6, 6.07) is 0. The van der Waals surface area contributed by atoms with Crippen LogP contribution in [0.15, 0.2) is 11.6 Å². The predicted molar refractivity (Wildman–Crippen MR) is 41.7 cm³/mol. The van der Waals surface area contributed by atoms with Crippen molar-refractivity contribution in [1.82, 2.24) is 0 Å². The van der Waals surface area contributed by atoms with Crippen molar-refractivity contribution in [2.45, 2.75) is 26.7 Å². The Hall–Kier alpha value is -0.590. The van der Waals surface area contributed by atoms with Gasteiger partial charge < -0.3 is 4.79 Å². The van der Waals surface area contributed by atoms with Gasteiger partial charge in [-0.25, -0.2) is 0 Å². The number of carbonyl (C=O) groups is 1. The quantitative estimate of drug-likeness (QED) is 0.401. The standard InChI is InChI=1S/C9H14O/c1-7-4-3-5-8(2)9(7)6-10/h4,6,8-9H,3,5H2,1-2H3. The van der Waals surface area contributed by atoms with Crippen LogP contribution in [0.1, 0.15) is 26.7 Å². The summed E-state index contributed by atoms with van der Waals surface area (Å²) in [6.07, 6.45) is 5.58. The Morgan fingerprint density at radius 1 is 1.70 bits per heavy atom. The molecule has 0 spiro atoms. The lowest BCUT2D eigenvalue weighted by Gasteiger charge is -2.23. The molecular formula is C9H14O. The second-order valence-corrected chi connectivity index (χ2v) is 3.16. The van der Waals surface area contributed by atoms with Gasteiger partial charge in [0, 0.05) is 5.92 Å². The summed E-state index contributed by atoms with van der Waals surface area (Å²) in [5.74, 6) is 0.760. The fourth-order valence-electron chi connectivity index (χ4n) is 1.58. The molecule has 0 saturated carbocycles. The normalized spacial score (nSPS) is 33.2. The summed E-state index contributed by atoms with van der Waals surface area (Å²) in [4.78, 5) is 10.5. The zero-order valence-corrected chi connectivity index (χ0v) is 6.63. The minimum Gasteiger partial charge on any atom is -0.303 e. The van der Waals surface area contributed by atoms with Gasteiger partial charge in [-0.3, -0.25) is 0 Å². The Morgan fingerprint density at radius 2 is 2.40 bits per heavy atom. The molecule has 1 aliphatic rings. The molecule has 0 aromatic rings. The molecule has 1 aliphatic carbocycles. The number of hydrogen-bond acceptors (Lipinski definition) is 1. The lowest BCUT2D eigenvalue weighted by atomic mass is 9.81. The van der Waals surface area contributed by atoms with E-state index < -0.39 is 0 Å². The van der Waals surface area contributed by atoms with Gasteiger partial charge in [0.15, 0.2) is 0 Å². The second-order valence-electron chi connectivity index (χ2n) is 3.16. The zero-order valence-electron chi connectivity index (χ0n) is 6.63. The maximum Gasteiger partial charge on any atom is 0.127 e. The summed E-state index contributed by atoms with van der Waals surface area (Å²) in [6.45, 7) is 4.20. The molecule has 0 saturated heterocycles. The minimum atomic E-state index is 0.203. The average Bonchev–Trinajstić information content (AvgIpc) is 1.88. The highest BCUT2D eigenvalue weighted by Crippen LogP contribution is 2.27. The van der Waals surface area contributed by atoms with Crippen molar-refractivity contribution in [2.24, 2.45) is 11.8 Å². The summed E-state index contributed by atoms with van der Waals surface area (Å²) in [5, 5.41) is 0. The molecule has 0 fully saturated rings. The van der Waals surface area contributed by atoms with Crippen LogP contribution < -0.4 is 0 Å². The van der Waals surface area contributed by atoms with E-state index in [-0.39, 0.29) is 5.92 Å². The van der Waals surface area contributed by atoms with Gasteiger partial charge in [0.25, 0.3) is 0 Å². The topological polar surface area (TPSA) is 17.1 Å². The number of hydrogen-bond donors (Lipinski definition) is 0. The van der Waals surface area contributed by atoms with Gasteiger partial charge in [0.05, 0.1) is 0 Å². The highest BCUT2D eigenvalue weighted by atomic mass is 16.1. The van der Waals surface area contributed by atoms with Crippen LogP contribution in [0.3, 0.4) is 0 Å². The minimum absolute atomic E-state index is 0.203. The first-order valence-electron chi connectivity index (χ1n) is 3.87. The van der Waals surface area contributed by atoms with Gasteiger partial charge in [0.1, 0.15) is 6.29 Å². The van der Waals surface area contributed by atoms with Gasteiger partial charge in [-0.1, -0.05) is 18.6 Å². The van der Waals surface area contributed by atoms with Gasteiger partial charge >= 0.3 is 0 Å². The lowest BCUT2D eigenvalue weighted by Crippen LogP contribution is -2.17. The van der Waals surface area contributed by atoms with E-state index in [1.54, 1.807) is 0 Å². The molecule has 1 rings (SSSR count). The highest BCUT2D eigenvalue weighted by molar-refractivity contribution is 5.59. The van der Waals surface area contributed by atoms with E-state index in [1.165, 1.54) is 12.0 Å². The average molecular weight is 138 g/mol. The van der Waals surface area contributed by atoms with E-state index in [0.717, 1.165) is 12.7 Å². The summed E-state index contributed by atoms with van der Waals surface area (Å²) in [7, 11) is 0. The van der Waals surface area contributed by atoms with Crippen molar-refractivity contribution in [3.8, 4) is 0 Å². The molecule has 0 N–H and O–H groups in total. The Labute approximate surface area is 62.1 Å². The lowest BCUT2D eigenvalue weighted by molar-refractivity contribution is -0.111. The maximum atomic E-state index is 10.5. The van der Waals surface area contributed by atoms with Crippen LogP contribution in [-0.4, -0.2) is 6.29 Å². The third-order valence-corrected chi connectivity index (χ3v) is 2.37. The van der Waals surface area contributed by atoms with Crippen molar-refractivity contribution in [3.63, 3.8) is 0 Å². The maximum absolute atomic E-state index is 10.5. The first kappa shape index (κ1) is 7.52. The number of rotatable bonds is 1. The first-order valence-corrected chi connectivity index (χ1v) is 3.87. The van der Waals surface area contributed by atoms with Crippen molar-refractivity contribution >= 4 is 6.29 Å². The molecule has 0 radical (unpaired) electrons. The first-order chi connectivity index (χ1) is 4.75. The molecule has 10 heavy (non-hydrogen) atoms. The summed E-state index contributed by atoms with van der Waals surface area (Å²) in [5.41, 5.74) is 1.26. The zero-order chi connectivity index (χ0) is 7.56. The molecule has 2 atom stereocenters. The summed E-state index contributed by atoms with van der Waals surface area (Å²) >= 11 is 0. The number of carbonyl (C=O) groups excluding carboxylic acids is 1. The van der Waals surface area contributed by atoms with Crippen molar-refractivity contribution in [2.75, 3.05) is 0 Å². The smallest absolute Gasteiger partial charge is 0.127 e. The fourth-order valence-corrected chi connectivity index (χ4v) is 1.58. The van der Waals surface area contributed by atoms with Crippen LogP contribution in [0.5, 0.6) is 0 Å². The van der Waals surface area contributed by atoms with E-state index in [9.17, 15) is 4.79 Å². The SMILES string of the molecule is CC1=CCCC(C)C1C=O. The predicted octanol–water partition coefficient (Wildman–Crippen LogP) is 2.18. The Morgan fingerprint density at radius 3 is 2.80 bits per heavy atom. The molecule has 56 valence electrons. The van der Waals surface area contributed by atoms with Crippen molar-refractivity contribution in [1.29, 1.82) is 0 Å². The highest BCUT2D eigenvalue weighted by Gasteiger charge is 2.20.